The van der Waals surface area contributed by atoms with Crippen molar-refractivity contribution >= 4 is 82.4 Å². The summed E-state index contributed by atoms with van der Waals surface area (Å²) in [4.78, 5) is 2.39. The van der Waals surface area contributed by atoms with Gasteiger partial charge in [-0.25, -0.2) is 0 Å². The number of aromatic nitrogens is 1. The molecule has 65 heavy (non-hydrogen) atoms. The van der Waals surface area contributed by atoms with E-state index in [2.05, 4.69) is 252 Å². The highest BCUT2D eigenvalue weighted by Crippen LogP contribution is 2.45. The Hall–Kier alpha value is -8.66. The molecule has 13 rings (SSSR count). The van der Waals surface area contributed by atoms with Gasteiger partial charge in [0, 0.05) is 49.9 Å². The van der Waals surface area contributed by atoms with E-state index in [-0.39, 0.29) is 0 Å². The second-order valence-corrected chi connectivity index (χ2v) is 16.9. The van der Waals surface area contributed by atoms with Crippen LogP contribution in [-0.4, -0.2) is 4.57 Å². The van der Waals surface area contributed by atoms with Crippen molar-refractivity contribution in [2.24, 2.45) is 0 Å². The number of fused-ring (bicyclic) bond motifs is 9. The van der Waals surface area contributed by atoms with Gasteiger partial charge < -0.3 is 13.9 Å². The lowest BCUT2D eigenvalue weighted by molar-refractivity contribution is 0.670. The average Bonchev–Trinajstić information content (AvgIpc) is 3.93. The maximum Gasteiger partial charge on any atom is 0.143 e. The van der Waals surface area contributed by atoms with Crippen LogP contribution in [-0.2, 0) is 0 Å². The number of benzene rings is 11. The molecule has 0 aliphatic heterocycles. The number of rotatable bonds is 7. The third-order valence-corrected chi connectivity index (χ3v) is 13.2. The summed E-state index contributed by atoms with van der Waals surface area (Å²) >= 11 is 0. The average molecular weight is 829 g/mol. The summed E-state index contributed by atoms with van der Waals surface area (Å²) in [5.74, 6) is 0. The molecule has 2 aromatic heterocycles. The lowest BCUT2D eigenvalue weighted by Crippen LogP contribution is -2.10. The summed E-state index contributed by atoms with van der Waals surface area (Å²) in [6.07, 6.45) is 0. The van der Waals surface area contributed by atoms with Crippen LogP contribution in [0.2, 0.25) is 0 Å². The van der Waals surface area contributed by atoms with E-state index in [9.17, 15) is 0 Å². The highest BCUT2D eigenvalue weighted by molar-refractivity contribution is 6.15. The molecule has 11 aromatic carbocycles. The number of furan rings is 1. The van der Waals surface area contributed by atoms with E-state index >= 15 is 0 Å². The molecule has 0 aliphatic carbocycles. The number of hydrogen-bond acceptors (Lipinski definition) is 2. The summed E-state index contributed by atoms with van der Waals surface area (Å²) in [7, 11) is 0. The quantitative estimate of drug-likeness (QED) is 0.149. The molecule has 3 heteroatoms. The first-order valence-electron chi connectivity index (χ1n) is 22.2. The second-order valence-electron chi connectivity index (χ2n) is 16.9. The van der Waals surface area contributed by atoms with Gasteiger partial charge in [0.1, 0.15) is 11.2 Å². The SMILES string of the molecule is c1ccc(-c2ccc(N(c3ccc(-c4cc5ccccc5c5ccccc45)cc3)c3cc(-c4cccc(-n5c6ccccc6c6ccccc65)c4)c4oc5ccccc5c4c3)cc2)cc1. The van der Waals surface area contributed by atoms with Crippen molar-refractivity contribution in [2.75, 3.05) is 4.90 Å². The van der Waals surface area contributed by atoms with Crippen LogP contribution in [0.1, 0.15) is 0 Å². The van der Waals surface area contributed by atoms with Crippen molar-refractivity contribution in [1.29, 1.82) is 0 Å². The van der Waals surface area contributed by atoms with Crippen molar-refractivity contribution in [3.05, 3.63) is 243 Å². The Labute approximate surface area is 376 Å². The molecule has 0 radical (unpaired) electrons. The second kappa shape index (κ2) is 15.0. The number of hydrogen-bond donors (Lipinski definition) is 0. The molecule has 0 saturated carbocycles. The van der Waals surface area contributed by atoms with Gasteiger partial charge >= 0.3 is 0 Å². The van der Waals surface area contributed by atoms with Gasteiger partial charge in [0.2, 0.25) is 0 Å². The Morgan fingerprint density at radius 3 is 1.58 bits per heavy atom. The van der Waals surface area contributed by atoms with Crippen molar-refractivity contribution < 1.29 is 4.42 Å². The van der Waals surface area contributed by atoms with Gasteiger partial charge in [-0.05, 0) is 122 Å². The minimum atomic E-state index is 0.866. The van der Waals surface area contributed by atoms with Crippen molar-refractivity contribution in [2.45, 2.75) is 0 Å². The normalized spacial score (nSPS) is 11.7. The standard InChI is InChI=1S/C62H40N2O/c1-2-15-41(16-3-1)42-29-33-46(34-30-42)63(47-35-31-43(32-36-47)56-38-45-17-4-5-20-50(45)51-21-6-7-22-52(51)56)49-39-57(62-58(40-49)55-25-10-13-28-61(55)65-62)44-18-14-19-48(37-44)64-59-26-11-8-23-53(59)54-24-9-12-27-60(54)64/h1-40H. The van der Waals surface area contributed by atoms with E-state index < -0.39 is 0 Å². The number of nitrogens with zero attached hydrogens (tertiary/aromatic N) is 2. The third-order valence-electron chi connectivity index (χ3n) is 13.2. The number of para-hydroxylation sites is 3. The van der Waals surface area contributed by atoms with E-state index in [4.69, 9.17) is 4.42 Å². The van der Waals surface area contributed by atoms with Crippen LogP contribution in [0.15, 0.2) is 247 Å². The Bertz CT molecular complexity index is 3880. The highest BCUT2D eigenvalue weighted by Gasteiger charge is 2.21. The first-order valence-corrected chi connectivity index (χ1v) is 22.2. The molecule has 0 aliphatic rings. The van der Waals surface area contributed by atoms with Gasteiger partial charge in [0.15, 0.2) is 0 Å². The summed E-state index contributed by atoms with van der Waals surface area (Å²) in [5.41, 5.74) is 15.2. The monoisotopic (exact) mass is 828 g/mol. The largest absolute Gasteiger partial charge is 0.455 e. The fourth-order valence-electron chi connectivity index (χ4n) is 10.1. The molecule has 304 valence electrons. The van der Waals surface area contributed by atoms with Gasteiger partial charge in [-0.2, -0.15) is 0 Å². The molecule has 0 N–H and O–H groups in total. The van der Waals surface area contributed by atoms with Crippen molar-refractivity contribution in [3.8, 4) is 39.1 Å². The summed E-state index contributed by atoms with van der Waals surface area (Å²) < 4.78 is 9.21. The predicted molar refractivity (Wildman–Crippen MR) is 274 cm³/mol. The first kappa shape index (κ1) is 36.9. The topological polar surface area (TPSA) is 21.3 Å². The summed E-state index contributed by atoms with van der Waals surface area (Å²) in [6.45, 7) is 0. The van der Waals surface area contributed by atoms with E-state index in [0.717, 1.165) is 55.8 Å². The van der Waals surface area contributed by atoms with Crippen molar-refractivity contribution in [1.82, 2.24) is 4.57 Å². The lowest BCUT2D eigenvalue weighted by atomic mass is 9.93. The fraction of sp³-hybridized carbons (Fsp3) is 0. The van der Waals surface area contributed by atoms with E-state index in [0.29, 0.717) is 0 Å². The third kappa shape index (κ3) is 6.12. The van der Waals surface area contributed by atoms with E-state index in [1.54, 1.807) is 0 Å². The first-order chi connectivity index (χ1) is 32.2. The van der Waals surface area contributed by atoms with E-state index in [1.165, 1.54) is 65.6 Å². The minimum absolute atomic E-state index is 0.866. The molecule has 0 atom stereocenters. The molecule has 0 spiro atoms. The van der Waals surface area contributed by atoms with Crippen LogP contribution in [0.4, 0.5) is 17.1 Å². The fourth-order valence-corrected chi connectivity index (χ4v) is 10.1. The zero-order valence-corrected chi connectivity index (χ0v) is 35.4. The van der Waals surface area contributed by atoms with Crippen LogP contribution in [0.3, 0.4) is 0 Å². The van der Waals surface area contributed by atoms with E-state index in [1.807, 2.05) is 0 Å². The van der Waals surface area contributed by atoms with Gasteiger partial charge in [-0.15, -0.1) is 0 Å². The predicted octanol–water partition coefficient (Wildman–Crippen LogP) is 17.5. The van der Waals surface area contributed by atoms with Crippen LogP contribution < -0.4 is 4.90 Å². The Morgan fingerprint density at radius 2 is 0.862 bits per heavy atom. The maximum absolute atomic E-state index is 6.82. The molecule has 0 bridgehead atoms. The van der Waals surface area contributed by atoms with Gasteiger partial charge in [-0.1, -0.05) is 170 Å². The van der Waals surface area contributed by atoms with Gasteiger partial charge in [0.25, 0.3) is 0 Å². The highest BCUT2D eigenvalue weighted by atomic mass is 16.3. The molecule has 0 fully saturated rings. The van der Waals surface area contributed by atoms with Crippen LogP contribution >= 0.6 is 0 Å². The van der Waals surface area contributed by atoms with Gasteiger partial charge in [-0.3, -0.25) is 0 Å². The molecule has 3 nitrogen and oxygen atoms in total. The van der Waals surface area contributed by atoms with Crippen LogP contribution in [0.5, 0.6) is 0 Å². The molecule has 0 saturated heterocycles. The summed E-state index contributed by atoms with van der Waals surface area (Å²) in [6, 6.07) is 87.7. The smallest absolute Gasteiger partial charge is 0.143 e. The van der Waals surface area contributed by atoms with Gasteiger partial charge in [0.05, 0.1) is 11.0 Å². The minimum Gasteiger partial charge on any atom is -0.455 e. The Balaban J connectivity index is 1.01. The Kier molecular flexibility index (Phi) is 8.53. The molecule has 2 heterocycles. The van der Waals surface area contributed by atoms with Crippen LogP contribution in [0.25, 0.3) is 104 Å². The zero-order chi connectivity index (χ0) is 42.8. The number of anilines is 3. The Morgan fingerprint density at radius 1 is 0.308 bits per heavy atom. The lowest BCUT2D eigenvalue weighted by Gasteiger charge is -2.27. The van der Waals surface area contributed by atoms with Crippen molar-refractivity contribution in [3.63, 3.8) is 0 Å². The molecule has 13 aromatic rings. The maximum atomic E-state index is 6.82. The molecule has 0 unspecified atom stereocenters. The summed E-state index contributed by atoms with van der Waals surface area (Å²) in [5, 5.41) is 9.65. The zero-order valence-electron chi connectivity index (χ0n) is 35.4. The molecular formula is C62H40N2O. The molecular weight excluding hydrogens is 789 g/mol. The molecule has 0 amide bonds. The van der Waals surface area contributed by atoms with Crippen LogP contribution in [0, 0.1) is 0 Å².